The van der Waals surface area contributed by atoms with Gasteiger partial charge in [-0.1, -0.05) is 55.3 Å². The number of amides is 2. The summed E-state index contributed by atoms with van der Waals surface area (Å²) >= 11 is 1.75. The Kier molecular flexibility index (Phi) is 9.47. The number of methoxy groups -OCH3 is 1. The maximum absolute atomic E-state index is 13.2. The zero-order valence-corrected chi connectivity index (χ0v) is 19.9. The summed E-state index contributed by atoms with van der Waals surface area (Å²) in [6, 6.07) is 17.7. The summed E-state index contributed by atoms with van der Waals surface area (Å²) in [5, 5.41) is 3.15. The first-order valence-corrected chi connectivity index (χ1v) is 12.6. The molecule has 1 aliphatic carbocycles. The van der Waals surface area contributed by atoms with Crippen molar-refractivity contribution in [2.45, 2.75) is 63.4 Å². The first-order valence-electron chi connectivity index (χ1n) is 11.4. The number of hydrogen-bond donors (Lipinski definition) is 1. The predicted octanol–water partition coefficient (Wildman–Crippen LogP) is 4.79. The fourth-order valence-electron chi connectivity index (χ4n) is 3.97. The van der Waals surface area contributed by atoms with E-state index in [1.807, 2.05) is 49.4 Å². The van der Waals surface area contributed by atoms with Crippen molar-refractivity contribution in [3.05, 3.63) is 65.7 Å². The molecule has 172 valence electrons. The molecule has 2 aromatic carbocycles. The normalized spacial score (nSPS) is 14.7. The van der Waals surface area contributed by atoms with Gasteiger partial charge in [-0.15, -0.1) is 0 Å². The summed E-state index contributed by atoms with van der Waals surface area (Å²) < 4.78 is 5.24. The average Bonchev–Trinajstić information content (AvgIpc) is 3.34. The number of carbonyl (C=O) groups is 2. The zero-order valence-electron chi connectivity index (χ0n) is 19.1. The van der Waals surface area contributed by atoms with E-state index in [1.54, 1.807) is 23.8 Å². The third kappa shape index (κ3) is 7.30. The quantitative estimate of drug-likeness (QED) is 0.496. The SMILES string of the molecule is COc1ccc(CN(C(=O)CCSCc2ccccc2)[C@@H](C)C(=O)NC2CCCC2)cc1. The predicted molar refractivity (Wildman–Crippen MR) is 131 cm³/mol. The third-order valence-electron chi connectivity index (χ3n) is 5.95. The topological polar surface area (TPSA) is 58.6 Å². The lowest BCUT2D eigenvalue weighted by molar-refractivity contribution is -0.140. The van der Waals surface area contributed by atoms with Crippen molar-refractivity contribution in [3.8, 4) is 5.75 Å². The molecular formula is C26H34N2O3S. The molecule has 0 spiro atoms. The summed E-state index contributed by atoms with van der Waals surface area (Å²) in [7, 11) is 1.63. The largest absolute Gasteiger partial charge is 0.497 e. The minimum absolute atomic E-state index is 0.00968. The van der Waals surface area contributed by atoms with Crippen molar-refractivity contribution in [2.24, 2.45) is 0 Å². The highest BCUT2D eigenvalue weighted by Crippen LogP contribution is 2.20. The number of ether oxygens (including phenoxy) is 1. The van der Waals surface area contributed by atoms with Crippen molar-refractivity contribution < 1.29 is 14.3 Å². The molecule has 1 saturated carbocycles. The summed E-state index contributed by atoms with van der Waals surface area (Å²) in [5.74, 6) is 2.33. The Balaban J connectivity index is 1.60. The molecule has 0 bridgehead atoms. The molecule has 32 heavy (non-hydrogen) atoms. The molecule has 0 aromatic heterocycles. The average molecular weight is 455 g/mol. The van der Waals surface area contributed by atoms with Crippen LogP contribution in [0.1, 0.15) is 50.2 Å². The van der Waals surface area contributed by atoms with Gasteiger partial charge in [0.1, 0.15) is 11.8 Å². The number of carbonyl (C=O) groups excluding carboxylic acids is 2. The van der Waals surface area contributed by atoms with Gasteiger partial charge in [-0.2, -0.15) is 11.8 Å². The minimum Gasteiger partial charge on any atom is -0.497 e. The van der Waals surface area contributed by atoms with E-state index >= 15 is 0 Å². The molecule has 0 unspecified atom stereocenters. The van der Waals surface area contributed by atoms with E-state index in [9.17, 15) is 9.59 Å². The van der Waals surface area contributed by atoms with Crippen molar-refractivity contribution in [2.75, 3.05) is 12.9 Å². The Hall–Kier alpha value is -2.47. The molecule has 0 saturated heterocycles. The van der Waals surface area contributed by atoms with Crippen molar-refractivity contribution >= 4 is 23.6 Å². The van der Waals surface area contributed by atoms with Crippen molar-refractivity contribution in [1.29, 1.82) is 0 Å². The second-order valence-corrected chi connectivity index (χ2v) is 9.43. The first kappa shape index (κ1) is 24.2. The fraction of sp³-hybridized carbons (Fsp3) is 0.462. The molecule has 0 aliphatic heterocycles. The van der Waals surface area contributed by atoms with Gasteiger partial charge < -0.3 is 15.0 Å². The van der Waals surface area contributed by atoms with Crippen LogP contribution in [0, 0.1) is 0 Å². The second kappa shape index (κ2) is 12.5. The van der Waals surface area contributed by atoms with E-state index in [4.69, 9.17) is 4.74 Å². The molecule has 1 atom stereocenters. The number of benzene rings is 2. The lowest BCUT2D eigenvalue weighted by atomic mass is 10.1. The molecule has 2 aromatic rings. The van der Waals surface area contributed by atoms with Gasteiger partial charge in [-0.3, -0.25) is 9.59 Å². The van der Waals surface area contributed by atoms with E-state index in [0.717, 1.165) is 48.5 Å². The zero-order chi connectivity index (χ0) is 22.8. The molecule has 6 heteroatoms. The molecular weight excluding hydrogens is 420 g/mol. The highest BCUT2D eigenvalue weighted by molar-refractivity contribution is 7.98. The standard InChI is InChI=1S/C26H34N2O3S/c1-20(26(30)27-23-10-6-7-11-23)28(18-21-12-14-24(31-2)15-13-21)25(29)16-17-32-19-22-8-4-3-5-9-22/h3-5,8-9,12-15,20,23H,6-7,10-11,16-19H2,1-2H3,(H,27,30)/t20-/m0/s1. The maximum atomic E-state index is 13.2. The highest BCUT2D eigenvalue weighted by atomic mass is 32.2. The molecule has 0 radical (unpaired) electrons. The summed E-state index contributed by atoms with van der Waals surface area (Å²) in [5.41, 5.74) is 2.24. The highest BCUT2D eigenvalue weighted by Gasteiger charge is 2.28. The second-order valence-electron chi connectivity index (χ2n) is 8.32. The Bertz CT molecular complexity index is 851. The van der Waals surface area contributed by atoms with E-state index in [0.29, 0.717) is 13.0 Å². The number of nitrogens with one attached hydrogen (secondary N) is 1. The van der Waals surface area contributed by atoms with Gasteiger partial charge >= 0.3 is 0 Å². The van der Waals surface area contributed by atoms with Crippen molar-refractivity contribution in [1.82, 2.24) is 10.2 Å². The number of rotatable bonds is 11. The van der Waals surface area contributed by atoms with E-state index < -0.39 is 6.04 Å². The van der Waals surface area contributed by atoms with Crippen LogP contribution in [-0.4, -0.2) is 41.7 Å². The third-order valence-corrected chi connectivity index (χ3v) is 6.98. The molecule has 5 nitrogen and oxygen atoms in total. The van der Waals surface area contributed by atoms with E-state index in [-0.39, 0.29) is 17.9 Å². The minimum atomic E-state index is -0.510. The van der Waals surface area contributed by atoms with Gasteiger partial charge in [0.15, 0.2) is 0 Å². The fourth-order valence-corrected chi connectivity index (χ4v) is 4.86. The van der Waals surface area contributed by atoms with Crippen LogP contribution < -0.4 is 10.1 Å². The smallest absolute Gasteiger partial charge is 0.242 e. The van der Waals surface area contributed by atoms with Crippen LogP contribution in [0.2, 0.25) is 0 Å². The first-order chi connectivity index (χ1) is 15.6. The van der Waals surface area contributed by atoms with Gasteiger partial charge in [0.25, 0.3) is 0 Å². The summed E-state index contributed by atoms with van der Waals surface area (Å²) in [6.45, 7) is 2.24. The van der Waals surface area contributed by atoms with Crippen LogP contribution in [0.15, 0.2) is 54.6 Å². The Labute approximate surface area is 195 Å². The van der Waals surface area contributed by atoms with Crippen LogP contribution in [0.25, 0.3) is 0 Å². The van der Waals surface area contributed by atoms with Crippen LogP contribution in [0.4, 0.5) is 0 Å². The summed E-state index contributed by atoms with van der Waals surface area (Å²) in [4.78, 5) is 27.8. The maximum Gasteiger partial charge on any atom is 0.242 e. The van der Waals surface area contributed by atoms with Gasteiger partial charge in [0, 0.05) is 30.5 Å². The lowest BCUT2D eigenvalue weighted by Gasteiger charge is -2.30. The van der Waals surface area contributed by atoms with Gasteiger partial charge in [0.2, 0.25) is 11.8 Å². The molecule has 1 N–H and O–H groups in total. The van der Waals surface area contributed by atoms with Gasteiger partial charge in [-0.25, -0.2) is 0 Å². The van der Waals surface area contributed by atoms with E-state index in [1.165, 1.54) is 5.56 Å². The van der Waals surface area contributed by atoms with Crippen LogP contribution in [0.3, 0.4) is 0 Å². The van der Waals surface area contributed by atoms with Gasteiger partial charge in [-0.05, 0) is 43.0 Å². The number of nitrogens with zero attached hydrogens (tertiary/aromatic N) is 1. The number of thioether (sulfide) groups is 1. The van der Waals surface area contributed by atoms with Crippen molar-refractivity contribution in [3.63, 3.8) is 0 Å². The van der Waals surface area contributed by atoms with Crippen LogP contribution in [0.5, 0.6) is 5.75 Å². The monoisotopic (exact) mass is 454 g/mol. The Morgan fingerprint density at radius 2 is 1.75 bits per heavy atom. The lowest BCUT2D eigenvalue weighted by Crippen LogP contribution is -2.49. The molecule has 1 aliphatic rings. The number of hydrogen-bond acceptors (Lipinski definition) is 4. The van der Waals surface area contributed by atoms with Gasteiger partial charge in [0.05, 0.1) is 7.11 Å². The van der Waals surface area contributed by atoms with Crippen LogP contribution in [-0.2, 0) is 21.9 Å². The molecule has 2 amide bonds. The Morgan fingerprint density at radius 3 is 2.41 bits per heavy atom. The summed E-state index contributed by atoms with van der Waals surface area (Å²) in [6.07, 6.45) is 4.79. The Morgan fingerprint density at radius 1 is 1.06 bits per heavy atom. The molecule has 3 rings (SSSR count). The molecule has 0 heterocycles. The molecule has 1 fully saturated rings. The van der Waals surface area contributed by atoms with Crippen LogP contribution >= 0.6 is 11.8 Å². The van der Waals surface area contributed by atoms with E-state index in [2.05, 4.69) is 17.4 Å².